The van der Waals surface area contributed by atoms with Crippen LogP contribution in [0.15, 0.2) is 59.3 Å². The molecule has 40 heavy (non-hydrogen) atoms. The molecule has 1 unspecified atom stereocenters. The van der Waals surface area contributed by atoms with Crippen molar-refractivity contribution >= 4 is 50.7 Å². The number of carbonyl (C=O) groups excluding carboxylic acids is 2. The molecule has 3 rings (SSSR count). The highest BCUT2D eigenvalue weighted by atomic mass is 79.9. The molecule has 14 heteroatoms. The van der Waals surface area contributed by atoms with E-state index in [-0.39, 0.29) is 39.9 Å². The van der Waals surface area contributed by atoms with E-state index < -0.39 is 46.0 Å². The van der Waals surface area contributed by atoms with Gasteiger partial charge in [-0.1, -0.05) is 13.0 Å². The number of rotatable bonds is 8. The van der Waals surface area contributed by atoms with Crippen LogP contribution in [0.4, 0.5) is 42.1 Å². The van der Waals surface area contributed by atoms with E-state index in [9.17, 15) is 35.9 Å². The summed E-state index contributed by atoms with van der Waals surface area (Å²) < 4.78 is 97.8. The van der Waals surface area contributed by atoms with Crippen LogP contribution in [-0.2, 0) is 12.1 Å². The first kappa shape index (κ1) is 31.3. The molecule has 0 fully saturated rings. The Morgan fingerprint density at radius 1 is 1.05 bits per heavy atom. The highest BCUT2D eigenvalue weighted by molar-refractivity contribution is 9.10. The fourth-order valence-corrected chi connectivity index (χ4v) is 4.74. The SMILES string of the molecule is CCc1cc(C(F)(C(F)(F)F)C(F)(F)Cl)cc(Br)c1NC(=O)c1cccc(N(CC)C(=O)c2cccnc2)c1F. The summed E-state index contributed by atoms with van der Waals surface area (Å²) in [6.45, 7) is 3.03. The summed E-state index contributed by atoms with van der Waals surface area (Å²) >= 11 is 7.45. The number of alkyl halides is 7. The molecule has 214 valence electrons. The van der Waals surface area contributed by atoms with Crippen molar-refractivity contribution in [2.24, 2.45) is 0 Å². The first-order valence-corrected chi connectivity index (χ1v) is 12.7. The number of nitrogens with one attached hydrogen (secondary N) is 1. The zero-order chi connectivity index (χ0) is 30.0. The zero-order valence-electron chi connectivity index (χ0n) is 20.7. The quantitative estimate of drug-likeness (QED) is 0.198. The van der Waals surface area contributed by atoms with Crippen molar-refractivity contribution in [1.29, 1.82) is 0 Å². The van der Waals surface area contributed by atoms with Crippen LogP contribution in [0.25, 0.3) is 0 Å². The molecule has 2 aromatic carbocycles. The summed E-state index contributed by atoms with van der Waals surface area (Å²) in [6, 6.07) is 7.61. The minimum atomic E-state index is -6.09. The number of aryl methyl sites for hydroxylation is 1. The number of hydrogen-bond acceptors (Lipinski definition) is 3. The van der Waals surface area contributed by atoms with Gasteiger partial charge in [-0.05, 0) is 82.8 Å². The third-order valence-electron chi connectivity index (χ3n) is 5.95. The Kier molecular flexibility index (Phi) is 9.19. The topological polar surface area (TPSA) is 62.3 Å². The molecule has 1 aromatic heterocycles. The maximum absolute atomic E-state index is 15.5. The predicted octanol–water partition coefficient (Wildman–Crippen LogP) is 8.02. The molecule has 1 atom stereocenters. The Hall–Kier alpha value is -3.19. The summed E-state index contributed by atoms with van der Waals surface area (Å²) in [5.41, 5.74) is -7.73. The van der Waals surface area contributed by atoms with Gasteiger partial charge in [0.05, 0.1) is 22.5 Å². The Labute approximate surface area is 237 Å². The van der Waals surface area contributed by atoms with E-state index in [1.165, 1.54) is 43.6 Å². The monoisotopic (exact) mass is 653 g/mol. The standard InChI is InChI=1S/C26H20BrClF7N3O2/c1-3-14-11-16(24(30,25(28,31)32)26(33,34)35)12-18(27)21(14)37-22(39)17-8-5-9-19(20(17)29)38(4-2)23(40)15-7-6-10-36-13-15/h5-13H,3-4H2,1-2H3,(H,37,39). The second-order valence-electron chi connectivity index (χ2n) is 8.38. The van der Waals surface area contributed by atoms with E-state index in [1.807, 2.05) is 0 Å². The highest BCUT2D eigenvalue weighted by Gasteiger charge is 2.72. The molecule has 0 aliphatic heterocycles. The molecule has 0 saturated heterocycles. The van der Waals surface area contributed by atoms with E-state index in [0.717, 1.165) is 11.0 Å². The zero-order valence-corrected chi connectivity index (χ0v) is 23.1. The van der Waals surface area contributed by atoms with Crippen LogP contribution in [0.1, 0.15) is 45.7 Å². The fourth-order valence-electron chi connectivity index (χ4n) is 3.92. The van der Waals surface area contributed by atoms with Crippen molar-refractivity contribution in [3.05, 3.63) is 87.4 Å². The second kappa shape index (κ2) is 11.7. The first-order valence-electron chi connectivity index (χ1n) is 11.5. The van der Waals surface area contributed by atoms with Crippen LogP contribution in [0.5, 0.6) is 0 Å². The van der Waals surface area contributed by atoms with Gasteiger partial charge in [0.25, 0.3) is 11.8 Å². The molecule has 5 nitrogen and oxygen atoms in total. The van der Waals surface area contributed by atoms with Gasteiger partial charge in [-0.3, -0.25) is 14.6 Å². The molecule has 2 amide bonds. The minimum Gasteiger partial charge on any atom is -0.321 e. The molecule has 0 radical (unpaired) electrons. The average molecular weight is 655 g/mol. The van der Waals surface area contributed by atoms with Gasteiger partial charge < -0.3 is 10.2 Å². The van der Waals surface area contributed by atoms with E-state index >= 15 is 4.39 Å². The van der Waals surface area contributed by atoms with Crippen molar-refractivity contribution < 1.29 is 40.3 Å². The van der Waals surface area contributed by atoms with Crippen LogP contribution in [0, 0.1) is 5.82 Å². The molecule has 1 heterocycles. The molecule has 0 spiro atoms. The number of aromatic nitrogens is 1. The lowest BCUT2D eigenvalue weighted by Gasteiger charge is -2.32. The Morgan fingerprint density at radius 2 is 1.73 bits per heavy atom. The average Bonchev–Trinajstić information content (AvgIpc) is 2.89. The summed E-state index contributed by atoms with van der Waals surface area (Å²) in [4.78, 5) is 30.9. The third kappa shape index (κ3) is 5.80. The lowest BCUT2D eigenvalue weighted by atomic mass is 9.92. The van der Waals surface area contributed by atoms with Crippen molar-refractivity contribution in [2.45, 2.75) is 37.5 Å². The largest absolute Gasteiger partial charge is 0.434 e. The van der Waals surface area contributed by atoms with Gasteiger partial charge in [-0.15, -0.1) is 0 Å². The molecule has 0 aliphatic carbocycles. The lowest BCUT2D eigenvalue weighted by Crippen LogP contribution is -2.49. The van der Waals surface area contributed by atoms with Gasteiger partial charge in [0, 0.05) is 29.0 Å². The number of hydrogen-bond donors (Lipinski definition) is 1. The summed E-state index contributed by atoms with van der Waals surface area (Å²) in [5, 5.41) is -3.03. The second-order valence-corrected chi connectivity index (χ2v) is 9.71. The number of anilines is 2. The van der Waals surface area contributed by atoms with Crippen LogP contribution in [0.2, 0.25) is 0 Å². The summed E-state index contributed by atoms with van der Waals surface area (Å²) in [7, 11) is 0. The molecule has 3 aromatic rings. The number of pyridine rings is 1. The smallest absolute Gasteiger partial charge is 0.321 e. The maximum Gasteiger partial charge on any atom is 0.434 e. The van der Waals surface area contributed by atoms with Crippen LogP contribution >= 0.6 is 27.5 Å². The molecular formula is C26H20BrClF7N3O2. The Morgan fingerprint density at radius 3 is 2.25 bits per heavy atom. The number of benzene rings is 2. The van der Waals surface area contributed by atoms with E-state index in [4.69, 9.17) is 0 Å². The summed E-state index contributed by atoms with van der Waals surface area (Å²) in [5.74, 6) is -2.74. The molecule has 1 N–H and O–H groups in total. The fraction of sp³-hybridized carbons (Fsp3) is 0.269. The molecule has 0 bridgehead atoms. The van der Waals surface area contributed by atoms with Gasteiger partial charge in [-0.25, -0.2) is 8.78 Å². The predicted molar refractivity (Wildman–Crippen MR) is 139 cm³/mol. The molecular weight excluding hydrogens is 635 g/mol. The first-order chi connectivity index (χ1) is 18.6. The van der Waals surface area contributed by atoms with Gasteiger partial charge >= 0.3 is 17.2 Å². The lowest BCUT2D eigenvalue weighted by molar-refractivity contribution is -0.286. The molecule has 0 saturated carbocycles. The van der Waals surface area contributed by atoms with Crippen LogP contribution in [0.3, 0.4) is 0 Å². The minimum absolute atomic E-state index is 0.0259. The Bertz CT molecular complexity index is 1400. The van der Waals surface area contributed by atoms with E-state index in [0.29, 0.717) is 12.1 Å². The van der Waals surface area contributed by atoms with Gasteiger partial charge in [-0.2, -0.15) is 22.0 Å². The Balaban J connectivity index is 2.02. The van der Waals surface area contributed by atoms with Crippen molar-refractivity contribution in [2.75, 3.05) is 16.8 Å². The molecule has 0 aliphatic rings. The number of nitrogens with zero attached hydrogens (tertiary/aromatic N) is 2. The number of carbonyl (C=O) groups is 2. The van der Waals surface area contributed by atoms with Crippen molar-refractivity contribution in [1.82, 2.24) is 4.98 Å². The normalized spacial score (nSPS) is 13.5. The highest BCUT2D eigenvalue weighted by Crippen LogP contribution is 2.55. The van der Waals surface area contributed by atoms with Crippen molar-refractivity contribution in [3.8, 4) is 0 Å². The van der Waals surface area contributed by atoms with Gasteiger partial charge in [0.15, 0.2) is 5.82 Å². The maximum atomic E-state index is 15.5. The van der Waals surface area contributed by atoms with E-state index in [2.05, 4.69) is 37.8 Å². The summed E-state index contributed by atoms with van der Waals surface area (Å²) in [6.07, 6.45) is -3.49. The third-order valence-corrected chi connectivity index (χ3v) is 6.84. The van der Waals surface area contributed by atoms with Gasteiger partial charge in [0.1, 0.15) is 0 Å². The van der Waals surface area contributed by atoms with Crippen molar-refractivity contribution in [3.63, 3.8) is 0 Å². The van der Waals surface area contributed by atoms with Crippen LogP contribution < -0.4 is 10.2 Å². The van der Waals surface area contributed by atoms with Gasteiger partial charge in [0.2, 0.25) is 0 Å². The number of amides is 2. The van der Waals surface area contributed by atoms with E-state index in [1.54, 1.807) is 6.92 Å². The van der Waals surface area contributed by atoms with Crippen LogP contribution in [-0.4, -0.2) is 34.9 Å². The number of halogens is 9.